The number of ether oxygens (including phenoxy) is 1. The maximum Gasteiger partial charge on any atom is 0.407 e. The van der Waals surface area contributed by atoms with E-state index < -0.39 is 11.7 Å². The van der Waals surface area contributed by atoms with Crippen molar-refractivity contribution in [2.24, 2.45) is 0 Å². The third-order valence-electron chi connectivity index (χ3n) is 3.85. The van der Waals surface area contributed by atoms with E-state index in [9.17, 15) is 9.90 Å². The zero-order valence-electron chi connectivity index (χ0n) is 9.50. The fourth-order valence-electron chi connectivity index (χ4n) is 2.87. The molecule has 3 saturated heterocycles. The van der Waals surface area contributed by atoms with Crippen LogP contribution < -0.4 is 0 Å². The first-order valence-corrected chi connectivity index (χ1v) is 5.90. The van der Waals surface area contributed by atoms with Crippen molar-refractivity contribution in [3.8, 4) is 0 Å². The first-order valence-electron chi connectivity index (χ1n) is 5.90. The Labute approximate surface area is 99.8 Å². The molecule has 0 radical (unpaired) electrons. The van der Waals surface area contributed by atoms with E-state index in [1.807, 2.05) is 30.3 Å². The monoisotopic (exact) mass is 233 g/mol. The number of fused-ring (bicyclic) bond motifs is 3. The van der Waals surface area contributed by atoms with Crippen molar-refractivity contribution < 1.29 is 14.6 Å². The Morgan fingerprint density at radius 2 is 2.18 bits per heavy atom. The average Bonchev–Trinajstić information content (AvgIpc) is 2.41. The number of hydrogen-bond donors (Lipinski definition) is 1. The maximum absolute atomic E-state index is 11.2. The molecule has 2 bridgehead atoms. The molecule has 3 heterocycles. The molecule has 3 aliphatic heterocycles. The Hall–Kier alpha value is -1.55. The van der Waals surface area contributed by atoms with E-state index in [0.717, 1.165) is 18.4 Å². The summed E-state index contributed by atoms with van der Waals surface area (Å²) in [4.78, 5) is 12.7. The predicted octanol–water partition coefficient (Wildman–Crippen LogP) is 2.05. The first-order chi connectivity index (χ1) is 8.21. The van der Waals surface area contributed by atoms with Gasteiger partial charge in [0.2, 0.25) is 0 Å². The zero-order chi connectivity index (χ0) is 11.9. The molecule has 90 valence electrons. The lowest BCUT2D eigenvalue weighted by Crippen LogP contribution is -2.61. The normalized spacial score (nSPS) is 31.5. The summed E-state index contributed by atoms with van der Waals surface area (Å²) in [5, 5.41) is 9.19. The second-order valence-electron chi connectivity index (χ2n) is 4.77. The van der Waals surface area contributed by atoms with E-state index in [1.54, 1.807) is 0 Å². The van der Waals surface area contributed by atoms with Gasteiger partial charge in [0, 0.05) is 0 Å². The van der Waals surface area contributed by atoms with E-state index in [-0.39, 0.29) is 6.04 Å². The van der Waals surface area contributed by atoms with Gasteiger partial charge in [0.25, 0.3) is 0 Å². The number of amides is 1. The van der Waals surface area contributed by atoms with Crippen LogP contribution in [-0.2, 0) is 10.3 Å². The third-order valence-corrected chi connectivity index (χ3v) is 3.85. The van der Waals surface area contributed by atoms with Gasteiger partial charge in [0.15, 0.2) is 0 Å². The van der Waals surface area contributed by atoms with Gasteiger partial charge < -0.3 is 9.84 Å². The van der Waals surface area contributed by atoms with Crippen LogP contribution in [0.15, 0.2) is 30.3 Å². The summed E-state index contributed by atoms with van der Waals surface area (Å²) in [5.74, 6) is 0. The van der Waals surface area contributed by atoms with E-state index in [4.69, 9.17) is 4.74 Å². The number of nitrogens with zero attached hydrogens (tertiary/aromatic N) is 1. The molecule has 4 nitrogen and oxygen atoms in total. The lowest BCUT2D eigenvalue weighted by Gasteiger charge is -2.51. The van der Waals surface area contributed by atoms with Gasteiger partial charge in [0.05, 0.1) is 19.2 Å². The molecule has 0 aliphatic carbocycles. The van der Waals surface area contributed by atoms with Crippen molar-refractivity contribution in [1.82, 2.24) is 4.90 Å². The third kappa shape index (κ3) is 1.60. The number of carbonyl (C=O) groups is 1. The Kier molecular flexibility index (Phi) is 2.33. The van der Waals surface area contributed by atoms with Crippen LogP contribution >= 0.6 is 0 Å². The quantitative estimate of drug-likeness (QED) is 0.807. The number of benzene rings is 1. The average molecular weight is 233 g/mol. The van der Waals surface area contributed by atoms with Crippen LogP contribution in [0.5, 0.6) is 0 Å². The molecular weight excluding hydrogens is 218 g/mol. The van der Waals surface area contributed by atoms with Crippen LogP contribution in [0.2, 0.25) is 0 Å². The summed E-state index contributed by atoms with van der Waals surface area (Å²) in [6, 6.07) is 9.98. The van der Waals surface area contributed by atoms with Gasteiger partial charge >= 0.3 is 6.09 Å². The van der Waals surface area contributed by atoms with Gasteiger partial charge in [0.1, 0.15) is 5.60 Å². The van der Waals surface area contributed by atoms with Crippen LogP contribution in [0.4, 0.5) is 4.79 Å². The Morgan fingerprint density at radius 3 is 2.76 bits per heavy atom. The summed E-state index contributed by atoms with van der Waals surface area (Å²) >= 11 is 0. The molecule has 0 aromatic heterocycles. The molecule has 3 fully saturated rings. The topological polar surface area (TPSA) is 49.8 Å². The number of carboxylic acid groups (broad SMARTS) is 1. The second-order valence-corrected chi connectivity index (χ2v) is 4.77. The van der Waals surface area contributed by atoms with Gasteiger partial charge in [-0.3, -0.25) is 4.90 Å². The van der Waals surface area contributed by atoms with Crippen LogP contribution in [0, 0.1) is 0 Å². The highest BCUT2D eigenvalue weighted by atomic mass is 16.5. The SMILES string of the molecule is O=C(O)N1CC2(c3ccccc3)CCC1CO2. The Balaban J connectivity index is 1.95. The lowest BCUT2D eigenvalue weighted by atomic mass is 9.80. The molecule has 4 heteroatoms. The number of morpholine rings is 1. The van der Waals surface area contributed by atoms with Gasteiger partial charge in [-0.05, 0) is 18.4 Å². The van der Waals surface area contributed by atoms with Crippen molar-refractivity contribution in [3.63, 3.8) is 0 Å². The first kappa shape index (κ1) is 10.6. The molecule has 0 spiro atoms. The van der Waals surface area contributed by atoms with Crippen LogP contribution in [0.25, 0.3) is 0 Å². The summed E-state index contributed by atoms with van der Waals surface area (Å²) in [5.41, 5.74) is 0.665. The molecule has 1 amide bonds. The molecular formula is C13H15NO3. The van der Waals surface area contributed by atoms with Crippen LogP contribution in [0.3, 0.4) is 0 Å². The number of rotatable bonds is 1. The largest absolute Gasteiger partial charge is 0.465 e. The summed E-state index contributed by atoms with van der Waals surface area (Å²) in [6.07, 6.45) is 0.963. The van der Waals surface area contributed by atoms with E-state index in [0.29, 0.717) is 13.2 Å². The van der Waals surface area contributed by atoms with Crippen molar-refractivity contribution in [1.29, 1.82) is 0 Å². The minimum absolute atomic E-state index is 0.0399. The Morgan fingerprint density at radius 1 is 1.41 bits per heavy atom. The van der Waals surface area contributed by atoms with Gasteiger partial charge in [-0.25, -0.2) is 4.79 Å². The van der Waals surface area contributed by atoms with E-state index in [1.165, 1.54) is 4.90 Å². The molecule has 4 rings (SSSR count). The molecule has 2 atom stereocenters. The molecule has 2 unspecified atom stereocenters. The molecule has 3 aliphatic rings. The van der Waals surface area contributed by atoms with Crippen molar-refractivity contribution in [2.45, 2.75) is 24.5 Å². The summed E-state index contributed by atoms with van der Waals surface area (Å²) in [7, 11) is 0. The fourth-order valence-corrected chi connectivity index (χ4v) is 2.87. The smallest absolute Gasteiger partial charge is 0.407 e. The lowest BCUT2D eigenvalue weighted by molar-refractivity contribution is -0.171. The molecule has 17 heavy (non-hydrogen) atoms. The standard InChI is InChI=1S/C13H15NO3/c15-12(16)14-9-13(7-6-11(14)8-17-13)10-4-2-1-3-5-10/h1-5,11H,6-9H2,(H,15,16). The van der Waals surface area contributed by atoms with Crippen molar-refractivity contribution in [2.75, 3.05) is 13.2 Å². The van der Waals surface area contributed by atoms with E-state index in [2.05, 4.69) is 0 Å². The number of piperidine rings is 1. The highest BCUT2D eigenvalue weighted by Crippen LogP contribution is 2.42. The summed E-state index contributed by atoms with van der Waals surface area (Å²) in [6.45, 7) is 0.970. The predicted molar refractivity (Wildman–Crippen MR) is 61.8 cm³/mol. The second kappa shape index (κ2) is 3.74. The molecule has 1 aromatic rings. The highest BCUT2D eigenvalue weighted by molar-refractivity contribution is 5.66. The van der Waals surface area contributed by atoms with Gasteiger partial charge in [-0.1, -0.05) is 30.3 Å². The fraction of sp³-hybridized carbons (Fsp3) is 0.462. The van der Waals surface area contributed by atoms with Crippen LogP contribution in [0.1, 0.15) is 18.4 Å². The summed E-state index contributed by atoms with van der Waals surface area (Å²) < 4.78 is 5.93. The Bertz CT molecular complexity index is 424. The molecule has 0 saturated carbocycles. The highest BCUT2D eigenvalue weighted by Gasteiger charge is 2.48. The van der Waals surface area contributed by atoms with Crippen molar-refractivity contribution in [3.05, 3.63) is 35.9 Å². The number of hydrogen-bond acceptors (Lipinski definition) is 2. The zero-order valence-corrected chi connectivity index (χ0v) is 9.50. The van der Waals surface area contributed by atoms with E-state index >= 15 is 0 Å². The molecule has 1 N–H and O–H groups in total. The van der Waals surface area contributed by atoms with Crippen molar-refractivity contribution >= 4 is 6.09 Å². The maximum atomic E-state index is 11.2. The van der Waals surface area contributed by atoms with Crippen LogP contribution in [-0.4, -0.2) is 35.3 Å². The molecule has 1 aromatic carbocycles. The minimum atomic E-state index is -0.835. The van der Waals surface area contributed by atoms with Gasteiger partial charge in [-0.2, -0.15) is 0 Å². The minimum Gasteiger partial charge on any atom is -0.465 e. The van der Waals surface area contributed by atoms with Gasteiger partial charge in [-0.15, -0.1) is 0 Å².